The van der Waals surface area contributed by atoms with Crippen molar-refractivity contribution in [3.63, 3.8) is 0 Å². The van der Waals surface area contributed by atoms with E-state index in [2.05, 4.69) is 80.8 Å². The van der Waals surface area contributed by atoms with Crippen LogP contribution in [-0.4, -0.2) is 21.4 Å². The van der Waals surface area contributed by atoms with Crippen molar-refractivity contribution in [1.29, 1.82) is 0 Å². The maximum absolute atomic E-state index is 6.88. The van der Waals surface area contributed by atoms with Crippen LogP contribution in [0.4, 0.5) is 0 Å². The fourth-order valence-corrected chi connectivity index (χ4v) is 6.01. The van der Waals surface area contributed by atoms with E-state index in [0.717, 1.165) is 57.0 Å². The molecule has 1 aliphatic rings. The first kappa shape index (κ1) is 20.7. The molecule has 0 radical (unpaired) electrons. The molecule has 178 valence electrons. The number of hydrogen-bond donors (Lipinski definition) is 0. The van der Waals surface area contributed by atoms with Gasteiger partial charge in [0.1, 0.15) is 22.5 Å². The second-order valence-corrected chi connectivity index (χ2v) is 10.3. The molecule has 3 aromatic heterocycles. The Morgan fingerprint density at radius 2 is 1.31 bits per heavy atom. The molecule has 6 aromatic rings. The number of rotatable bonds is 4. The summed E-state index contributed by atoms with van der Waals surface area (Å²) < 4.78 is 23.9. The molecule has 3 aromatic carbocycles. The van der Waals surface area contributed by atoms with Gasteiger partial charge < -0.3 is 9.47 Å². The van der Waals surface area contributed by atoms with Gasteiger partial charge >= 0.3 is 0 Å². The van der Waals surface area contributed by atoms with Gasteiger partial charge in [-0.2, -0.15) is 9.15 Å². The maximum atomic E-state index is 6.88. The number of benzene rings is 3. The van der Waals surface area contributed by atoms with Gasteiger partial charge in [0.2, 0.25) is 0 Å². The topological polar surface area (TPSA) is 40.4 Å². The molecule has 0 bridgehead atoms. The molecule has 0 N–H and O–H groups in total. The molecule has 0 fully saturated rings. The summed E-state index contributed by atoms with van der Waals surface area (Å²) in [6, 6.07) is 17.1. The minimum atomic E-state index is 0.0411. The van der Waals surface area contributed by atoms with Gasteiger partial charge in [-0.05, 0) is 89.3 Å². The Labute approximate surface area is 203 Å². The molecule has 5 heteroatoms. The van der Waals surface area contributed by atoms with E-state index < -0.39 is 0 Å². The van der Waals surface area contributed by atoms with Crippen molar-refractivity contribution in [2.75, 3.05) is 0 Å². The molecule has 0 spiro atoms. The van der Waals surface area contributed by atoms with Gasteiger partial charge in [-0.1, -0.05) is 18.2 Å². The molecule has 0 atom stereocenters. The monoisotopic (exact) mass is 466 g/mol. The Morgan fingerprint density at radius 1 is 0.686 bits per heavy atom. The van der Waals surface area contributed by atoms with Crippen LogP contribution in [0.15, 0.2) is 53.2 Å². The van der Waals surface area contributed by atoms with Gasteiger partial charge in [0.05, 0.1) is 34.2 Å². The zero-order valence-corrected chi connectivity index (χ0v) is 20.7. The Kier molecular flexibility index (Phi) is 4.41. The second-order valence-electron chi connectivity index (χ2n) is 10.3. The van der Waals surface area contributed by atoms with Gasteiger partial charge in [-0.15, -0.1) is 0 Å². The van der Waals surface area contributed by atoms with Crippen LogP contribution in [0.1, 0.15) is 51.8 Å². The molecule has 1 aliphatic carbocycles. The lowest BCUT2D eigenvalue weighted by Gasteiger charge is -2.16. The number of fused-ring (bicyclic) bond motifs is 7. The van der Waals surface area contributed by atoms with Gasteiger partial charge in [0.25, 0.3) is 0 Å². The molecule has 0 unspecified atom stereocenters. The average Bonchev–Trinajstić information content (AvgIpc) is 3.26. The van der Waals surface area contributed by atoms with E-state index in [9.17, 15) is 0 Å². The van der Waals surface area contributed by atoms with Crippen molar-refractivity contribution < 1.29 is 14.1 Å². The Morgan fingerprint density at radius 3 is 2.03 bits per heavy atom. The third-order valence-corrected chi connectivity index (χ3v) is 7.25. The fraction of sp³-hybridized carbons (Fsp3) is 0.333. The number of nitrogens with zero attached hydrogens (tertiary/aromatic N) is 2. The molecule has 35 heavy (non-hydrogen) atoms. The molecule has 5 nitrogen and oxygen atoms in total. The Bertz CT molecular complexity index is 1760. The highest BCUT2D eigenvalue weighted by Crippen LogP contribution is 2.46. The molecular formula is C30H30N2O3. The number of aryl methyl sites for hydroxylation is 2. The predicted molar refractivity (Wildman–Crippen MR) is 141 cm³/mol. The minimum Gasteiger partial charge on any atom is -0.490 e. The van der Waals surface area contributed by atoms with Gasteiger partial charge in [-0.25, -0.2) is 0 Å². The van der Waals surface area contributed by atoms with Crippen LogP contribution in [-0.2, 0) is 12.8 Å². The number of para-hydroxylation sites is 1. The first-order valence-corrected chi connectivity index (χ1v) is 12.8. The summed E-state index contributed by atoms with van der Waals surface area (Å²) in [5.74, 6) is 1.72. The van der Waals surface area contributed by atoms with Gasteiger partial charge in [-0.3, -0.25) is 4.63 Å². The molecule has 0 aliphatic heterocycles. The highest BCUT2D eigenvalue weighted by Gasteiger charge is 2.27. The fourth-order valence-electron chi connectivity index (χ4n) is 6.01. The summed E-state index contributed by atoms with van der Waals surface area (Å²) in [6.07, 6.45) is 4.56. The number of ether oxygens (including phenoxy) is 2. The van der Waals surface area contributed by atoms with E-state index in [1.54, 1.807) is 0 Å². The molecule has 0 amide bonds. The lowest BCUT2D eigenvalue weighted by Crippen LogP contribution is -2.07. The molecule has 3 heterocycles. The molecule has 0 saturated heterocycles. The van der Waals surface area contributed by atoms with Gasteiger partial charge in [0, 0.05) is 16.2 Å². The summed E-state index contributed by atoms with van der Waals surface area (Å²) in [5.41, 5.74) is 5.85. The first-order valence-electron chi connectivity index (χ1n) is 12.8. The number of aromatic nitrogens is 2. The van der Waals surface area contributed by atoms with E-state index in [0.29, 0.717) is 0 Å². The van der Waals surface area contributed by atoms with E-state index in [1.165, 1.54) is 34.9 Å². The Balaban J connectivity index is 1.83. The summed E-state index contributed by atoms with van der Waals surface area (Å²) in [5, 5.41) is 5.69. The standard InChI is InChI=1S/C30H30N2O3/c1-17(2)33-25-15-13-21-19-9-5-7-11-23(19)31-29(21)27(25)28-26(34-18(3)4)16-14-22-20-10-6-8-12-24(20)32(35-31)30(22)28/h5,7,9,11,13-18H,6,8,10,12H2,1-4H3. The molecule has 0 saturated carbocycles. The van der Waals surface area contributed by atoms with E-state index in [4.69, 9.17) is 14.1 Å². The Hall–Kier alpha value is -3.60. The van der Waals surface area contributed by atoms with Crippen LogP contribution in [0.25, 0.3) is 43.5 Å². The van der Waals surface area contributed by atoms with Crippen LogP contribution in [0.5, 0.6) is 11.5 Å². The summed E-state index contributed by atoms with van der Waals surface area (Å²) >= 11 is 0. The highest BCUT2D eigenvalue weighted by atomic mass is 16.6. The van der Waals surface area contributed by atoms with E-state index in [-0.39, 0.29) is 12.2 Å². The lowest BCUT2D eigenvalue weighted by atomic mass is 9.95. The summed E-state index contributed by atoms with van der Waals surface area (Å²) in [7, 11) is 0. The lowest BCUT2D eigenvalue weighted by molar-refractivity contribution is 0.230. The van der Waals surface area contributed by atoms with Crippen LogP contribution >= 0.6 is 0 Å². The van der Waals surface area contributed by atoms with E-state index >= 15 is 0 Å². The predicted octanol–water partition coefficient (Wildman–Crippen LogP) is 7.70. The van der Waals surface area contributed by atoms with Crippen molar-refractivity contribution in [3.05, 3.63) is 59.8 Å². The van der Waals surface area contributed by atoms with Crippen molar-refractivity contribution in [2.24, 2.45) is 0 Å². The average molecular weight is 467 g/mol. The maximum Gasteiger partial charge on any atom is 0.130 e. The summed E-state index contributed by atoms with van der Waals surface area (Å²) in [6.45, 7) is 8.31. The summed E-state index contributed by atoms with van der Waals surface area (Å²) in [4.78, 5) is 0. The molecular weight excluding hydrogens is 436 g/mol. The zero-order valence-electron chi connectivity index (χ0n) is 20.7. The third kappa shape index (κ3) is 2.87. The van der Waals surface area contributed by atoms with Crippen LogP contribution in [0.3, 0.4) is 0 Å². The quantitative estimate of drug-likeness (QED) is 0.267. The zero-order chi connectivity index (χ0) is 23.8. The van der Waals surface area contributed by atoms with Crippen molar-refractivity contribution in [2.45, 2.75) is 65.6 Å². The number of hydrogen-bond acceptors (Lipinski definition) is 3. The largest absolute Gasteiger partial charge is 0.490 e. The van der Waals surface area contributed by atoms with Crippen molar-refractivity contribution in [1.82, 2.24) is 9.15 Å². The first-order chi connectivity index (χ1) is 17.0. The smallest absolute Gasteiger partial charge is 0.130 e. The molecule has 7 rings (SSSR count). The third-order valence-electron chi connectivity index (χ3n) is 7.25. The van der Waals surface area contributed by atoms with Gasteiger partial charge in [0.15, 0.2) is 0 Å². The van der Waals surface area contributed by atoms with Crippen LogP contribution < -0.4 is 9.47 Å². The van der Waals surface area contributed by atoms with Crippen LogP contribution in [0, 0.1) is 0 Å². The highest BCUT2D eigenvalue weighted by molar-refractivity contribution is 6.23. The van der Waals surface area contributed by atoms with Crippen LogP contribution in [0.2, 0.25) is 0 Å². The van der Waals surface area contributed by atoms with Crippen molar-refractivity contribution >= 4 is 43.5 Å². The van der Waals surface area contributed by atoms with E-state index in [1.807, 2.05) is 4.57 Å². The SMILES string of the molecule is CC(C)Oc1ccc2c3c(n4on5c6ccccc6c6ccc(OC(C)C)c(c1c24)c65)CCCC3. The normalized spacial score (nSPS) is 14.3. The minimum absolute atomic E-state index is 0.0411. The van der Waals surface area contributed by atoms with Crippen molar-refractivity contribution in [3.8, 4) is 11.5 Å². The second kappa shape index (κ2) is 7.45.